The molecule has 0 fully saturated rings. The van der Waals surface area contributed by atoms with E-state index in [4.69, 9.17) is 4.74 Å². The highest BCUT2D eigenvalue weighted by Crippen LogP contribution is 2.38. The first-order valence-corrected chi connectivity index (χ1v) is 13.3. The Labute approximate surface area is 199 Å². The molecule has 1 N–H and O–H groups in total. The van der Waals surface area contributed by atoms with Crippen molar-refractivity contribution in [2.24, 2.45) is 0 Å². The molecule has 0 spiro atoms. The van der Waals surface area contributed by atoms with E-state index < -0.39 is 0 Å². The van der Waals surface area contributed by atoms with Gasteiger partial charge in [0, 0.05) is 27.2 Å². The number of anilines is 1. The number of rotatable bonds is 8. The lowest BCUT2D eigenvalue weighted by Gasteiger charge is -2.11. The van der Waals surface area contributed by atoms with Crippen LogP contribution in [0.4, 0.5) is 5.00 Å². The summed E-state index contributed by atoms with van der Waals surface area (Å²) in [5.41, 5.74) is 2.61. The van der Waals surface area contributed by atoms with Crippen molar-refractivity contribution < 1.29 is 14.3 Å². The molecule has 1 aliphatic carbocycles. The maximum absolute atomic E-state index is 12.8. The average Bonchev–Trinajstić information content (AvgIpc) is 3.48. The summed E-state index contributed by atoms with van der Waals surface area (Å²) in [5, 5.41) is 15.1. The maximum atomic E-state index is 12.8. The number of methoxy groups -OCH3 is 1. The van der Waals surface area contributed by atoms with E-state index in [0.29, 0.717) is 10.6 Å². The van der Waals surface area contributed by atoms with Crippen molar-refractivity contribution in [1.29, 1.82) is 0 Å². The second-order valence-electron chi connectivity index (χ2n) is 7.65. The van der Waals surface area contributed by atoms with Gasteiger partial charge in [0.2, 0.25) is 5.91 Å². The monoisotopic (exact) mass is 490 g/mol. The van der Waals surface area contributed by atoms with Crippen LogP contribution < -0.4 is 5.32 Å². The fourth-order valence-electron chi connectivity index (χ4n) is 3.86. The van der Waals surface area contributed by atoms with Gasteiger partial charge in [0.15, 0.2) is 11.0 Å². The molecule has 4 rings (SSSR count). The highest BCUT2D eigenvalue weighted by Gasteiger charge is 2.27. The Morgan fingerprint density at radius 3 is 2.81 bits per heavy atom. The number of thioether (sulfide) groups is 1. The van der Waals surface area contributed by atoms with E-state index in [1.807, 2.05) is 0 Å². The van der Waals surface area contributed by atoms with E-state index in [1.54, 1.807) is 11.3 Å². The van der Waals surface area contributed by atoms with E-state index in [2.05, 4.69) is 45.4 Å². The van der Waals surface area contributed by atoms with Crippen LogP contribution in [0.2, 0.25) is 0 Å². The summed E-state index contributed by atoms with van der Waals surface area (Å²) in [6.45, 7) is 4.96. The molecule has 0 unspecified atom stereocenters. The zero-order chi connectivity index (χ0) is 22.7. The van der Waals surface area contributed by atoms with E-state index in [9.17, 15) is 9.59 Å². The molecule has 0 saturated heterocycles. The minimum atomic E-state index is -0.384. The predicted octanol–water partition coefficient (Wildman–Crippen LogP) is 5.18. The average molecular weight is 491 g/mol. The molecule has 32 heavy (non-hydrogen) atoms. The first-order valence-electron chi connectivity index (χ1n) is 10.7. The van der Waals surface area contributed by atoms with Gasteiger partial charge in [0.1, 0.15) is 5.00 Å². The van der Waals surface area contributed by atoms with Crippen LogP contribution in [0.5, 0.6) is 0 Å². The van der Waals surface area contributed by atoms with E-state index >= 15 is 0 Å². The second-order valence-corrected chi connectivity index (χ2v) is 10.8. The maximum Gasteiger partial charge on any atom is 0.341 e. The Morgan fingerprint density at radius 2 is 2.09 bits per heavy atom. The van der Waals surface area contributed by atoms with Crippen LogP contribution in [0, 0.1) is 6.92 Å². The van der Waals surface area contributed by atoms with Crippen molar-refractivity contribution in [3.8, 4) is 11.4 Å². The fourth-order valence-corrected chi connectivity index (χ4v) is 6.60. The topological polar surface area (TPSA) is 86.1 Å². The summed E-state index contributed by atoms with van der Waals surface area (Å²) in [6, 6.07) is 2.11. The number of carbonyl (C=O) groups is 2. The summed E-state index contributed by atoms with van der Waals surface area (Å²) >= 11 is 4.54. The van der Waals surface area contributed by atoms with Gasteiger partial charge in [-0.1, -0.05) is 18.7 Å². The normalized spacial score (nSPS) is 13.1. The molecule has 1 aliphatic rings. The molecule has 3 aromatic heterocycles. The number of nitrogens with zero attached hydrogens (tertiary/aromatic N) is 3. The van der Waals surface area contributed by atoms with Crippen LogP contribution in [0.25, 0.3) is 11.4 Å². The Hall–Kier alpha value is -2.17. The number of amides is 1. The van der Waals surface area contributed by atoms with Gasteiger partial charge >= 0.3 is 5.97 Å². The molecule has 0 saturated carbocycles. The van der Waals surface area contributed by atoms with Gasteiger partial charge in [0.05, 0.1) is 18.4 Å². The smallest absolute Gasteiger partial charge is 0.341 e. The van der Waals surface area contributed by atoms with Crippen molar-refractivity contribution in [3.63, 3.8) is 0 Å². The highest BCUT2D eigenvalue weighted by molar-refractivity contribution is 7.99. The van der Waals surface area contributed by atoms with Crippen LogP contribution in [0.15, 0.2) is 16.6 Å². The number of ether oxygens (including phenoxy) is 1. The van der Waals surface area contributed by atoms with E-state index in [0.717, 1.165) is 60.8 Å². The van der Waals surface area contributed by atoms with Crippen LogP contribution in [0.1, 0.15) is 51.9 Å². The number of esters is 1. The Kier molecular flexibility index (Phi) is 7.32. The molecule has 170 valence electrons. The van der Waals surface area contributed by atoms with Gasteiger partial charge in [-0.2, -0.15) is 0 Å². The van der Waals surface area contributed by atoms with Gasteiger partial charge < -0.3 is 14.6 Å². The predicted molar refractivity (Wildman–Crippen MR) is 130 cm³/mol. The molecule has 3 aromatic rings. The third kappa shape index (κ3) is 4.77. The number of nitrogens with one attached hydrogen (secondary N) is 1. The van der Waals surface area contributed by atoms with Crippen LogP contribution in [0.3, 0.4) is 0 Å². The van der Waals surface area contributed by atoms with E-state index in [-0.39, 0.29) is 17.6 Å². The first-order chi connectivity index (χ1) is 15.5. The summed E-state index contributed by atoms with van der Waals surface area (Å²) in [7, 11) is 1.38. The lowest BCUT2D eigenvalue weighted by atomic mass is 9.95. The minimum Gasteiger partial charge on any atom is -0.465 e. The third-order valence-corrected chi connectivity index (χ3v) is 8.33. The molecule has 10 heteroatoms. The number of hydrogen-bond acceptors (Lipinski definition) is 8. The molecule has 0 atom stereocenters. The zero-order valence-electron chi connectivity index (χ0n) is 18.4. The first kappa shape index (κ1) is 23.0. The number of thiophene rings is 2. The van der Waals surface area contributed by atoms with Crippen LogP contribution in [-0.2, 0) is 28.9 Å². The lowest BCUT2D eigenvalue weighted by Crippen LogP contribution is -2.17. The molecule has 1 amide bonds. The summed E-state index contributed by atoms with van der Waals surface area (Å²) < 4.78 is 7.06. The number of carbonyl (C=O) groups excluding carboxylic acids is 2. The Balaban J connectivity index is 1.49. The number of aromatic nitrogens is 3. The van der Waals surface area contributed by atoms with Gasteiger partial charge in [0.25, 0.3) is 0 Å². The minimum absolute atomic E-state index is 0.169. The number of aryl methyl sites for hydroxylation is 2. The van der Waals surface area contributed by atoms with Gasteiger partial charge in [-0.05, 0) is 50.7 Å². The van der Waals surface area contributed by atoms with Gasteiger partial charge in [-0.25, -0.2) is 4.79 Å². The van der Waals surface area contributed by atoms with Crippen molar-refractivity contribution in [1.82, 2.24) is 14.8 Å². The number of hydrogen-bond donors (Lipinski definition) is 1. The zero-order valence-corrected chi connectivity index (χ0v) is 20.8. The Morgan fingerprint density at radius 1 is 1.28 bits per heavy atom. The van der Waals surface area contributed by atoms with Gasteiger partial charge in [-0.15, -0.1) is 32.9 Å². The Bertz CT molecular complexity index is 1130. The van der Waals surface area contributed by atoms with Crippen LogP contribution in [-0.4, -0.2) is 39.5 Å². The summed E-state index contributed by atoms with van der Waals surface area (Å²) in [6.07, 6.45) is 4.90. The molecule has 3 heterocycles. The number of fused-ring (bicyclic) bond motifs is 1. The molecular weight excluding hydrogens is 464 g/mol. The molecule has 0 aliphatic heterocycles. The SMILES string of the molecule is CCCn1c(SCC(=O)Nc2sc3c(c2C(=O)OC)CCCC3)nnc1-c1csc(C)c1. The van der Waals surface area contributed by atoms with Gasteiger partial charge in [-0.3, -0.25) is 4.79 Å². The highest BCUT2D eigenvalue weighted by atomic mass is 32.2. The molecule has 0 aromatic carbocycles. The lowest BCUT2D eigenvalue weighted by molar-refractivity contribution is -0.113. The van der Waals surface area contributed by atoms with Crippen molar-refractivity contribution in [2.75, 3.05) is 18.2 Å². The second kappa shape index (κ2) is 10.2. The molecule has 0 radical (unpaired) electrons. The largest absolute Gasteiger partial charge is 0.465 e. The quantitative estimate of drug-likeness (QED) is 0.346. The molecular formula is C22H26N4O3S3. The van der Waals surface area contributed by atoms with Crippen molar-refractivity contribution in [3.05, 3.63) is 32.3 Å². The molecule has 7 nitrogen and oxygen atoms in total. The van der Waals surface area contributed by atoms with Crippen molar-refractivity contribution in [2.45, 2.75) is 57.7 Å². The van der Waals surface area contributed by atoms with E-state index in [1.165, 1.54) is 40.0 Å². The van der Waals surface area contributed by atoms with Crippen LogP contribution >= 0.6 is 34.4 Å². The standard InChI is InChI=1S/C22H26N4O3S3/c1-4-9-26-19(14-10-13(2)30-11-14)24-25-22(26)31-12-17(27)23-20-18(21(28)29-3)15-7-5-6-8-16(15)32-20/h10-11H,4-9,12H2,1-3H3,(H,23,27). The third-order valence-electron chi connectivity index (χ3n) is 5.30. The summed E-state index contributed by atoms with van der Waals surface area (Å²) in [5.74, 6) is 0.467. The fraction of sp³-hybridized carbons (Fsp3) is 0.455. The summed E-state index contributed by atoms with van der Waals surface area (Å²) in [4.78, 5) is 27.6. The molecule has 0 bridgehead atoms. The van der Waals surface area contributed by atoms with Crippen molar-refractivity contribution >= 4 is 51.3 Å².